The van der Waals surface area contributed by atoms with Gasteiger partial charge in [0.1, 0.15) is 5.82 Å². The second-order valence-corrected chi connectivity index (χ2v) is 6.31. The van der Waals surface area contributed by atoms with Crippen LogP contribution in [0.2, 0.25) is 5.02 Å². The molecule has 4 heteroatoms. The summed E-state index contributed by atoms with van der Waals surface area (Å²) in [7, 11) is 2.16. The summed E-state index contributed by atoms with van der Waals surface area (Å²) in [6.07, 6.45) is 5.19. The molecule has 3 nitrogen and oxygen atoms in total. The van der Waals surface area contributed by atoms with Crippen molar-refractivity contribution in [1.29, 1.82) is 0 Å². The van der Waals surface area contributed by atoms with Crippen LogP contribution in [0.3, 0.4) is 0 Å². The minimum absolute atomic E-state index is 0.617. The quantitative estimate of drug-likeness (QED) is 0.894. The summed E-state index contributed by atoms with van der Waals surface area (Å²) in [5.74, 6) is 1.92. The molecule has 0 radical (unpaired) electrons. The van der Waals surface area contributed by atoms with E-state index in [1.807, 2.05) is 12.1 Å². The fourth-order valence-corrected chi connectivity index (χ4v) is 3.03. The molecule has 0 atom stereocenters. The van der Waals surface area contributed by atoms with Crippen molar-refractivity contribution in [2.75, 3.05) is 18.5 Å². The van der Waals surface area contributed by atoms with Crippen molar-refractivity contribution >= 4 is 17.4 Å². The highest BCUT2D eigenvalue weighted by molar-refractivity contribution is 6.31. The van der Waals surface area contributed by atoms with E-state index in [9.17, 15) is 0 Å². The summed E-state index contributed by atoms with van der Waals surface area (Å²) in [6, 6.07) is 4.63. The van der Waals surface area contributed by atoms with Gasteiger partial charge in [-0.1, -0.05) is 25.4 Å². The Morgan fingerprint density at radius 1 is 1.30 bits per heavy atom. The molecule has 1 aromatic rings. The summed E-state index contributed by atoms with van der Waals surface area (Å²) in [5, 5.41) is 4.04. The van der Waals surface area contributed by atoms with Crippen LogP contribution in [-0.2, 0) is 6.54 Å². The lowest BCUT2D eigenvalue weighted by molar-refractivity contribution is 0.340. The highest BCUT2D eigenvalue weighted by atomic mass is 35.5. The first-order valence-corrected chi connectivity index (χ1v) is 8.08. The third-order valence-corrected chi connectivity index (χ3v) is 4.68. The van der Waals surface area contributed by atoms with Crippen LogP contribution in [0.1, 0.15) is 45.2 Å². The van der Waals surface area contributed by atoms with Crippen molar-refractivity contribution in [2.45, 2.75) is 52.1 Å². The molecule has 0 saturated heterocycles. The highest BCUT2D eigenvalue weighted by Crippen LogP contribution is 2.29. The Morgan fingerprint density at radius 3 is 2.65 bits per heavy atom. The van der Waals surface area contributed by atoms with E-state index >= 15 is 0 Å². The van der Waals surface area contributed by atoms with E-state index in [1.54, 1.807) is 0 Å². The highest BCUT2D eigenvalue weighted by Gasteiger charge is 2.22. The van der Waals surface area contributed by atoms with Crippen molar-refractivity contribution in [2.24, 2.45) is 5.92 Å². The molecule has 20 heavy (non-hydrogen) atoms. The third-order valence-electron chi connectivity index (χ3n) is 4.34. The van der Waals surface area contributed by atoms with Crippen LogP contribution in [0.25, 0.3) is 0 Å². The first kappa shape index (κ1) is 15.6. The zero-order valence-electron chi connectivity index (χ0n) is 12.8. The molecule has 0 amide bonds. The number of halogens is 1. The van der Waals surface area contributed by atoms with Crippen LogP contribution < -0.4 is 10.2 Å². The number of hydrogen-bond donors (Lipinski definition) is 1. The lowest BCUT2D eigenvalue weighted by atomic mass is 9.87. The van der Waals surface area contributed by atoms with Crippen LogP contribution in [0.5, 0.6) is 0 Å². The molecule has 1 heterocycles. The number of nitrogens with one attached hydrogen (secondary N) is 1. The minimum Gasteiger partial charge on any atom is -0.357 e. The first-order valence-electron chi connectivity index (χ1n) is 7.70. The van der Waals surface area contributed by atoms with E-state index < -0.39 is 0 Å². The van der Waals surface area contributed by atoms with Crippen LogP contribution in [0, 0.1) is 5.92 Å². The monoisotopic (exact) mass is 295 g/mol. The molecule has 1 aliphatic carbocycles. The molecular formula is C16H26ClN3. The average molecular weight is 296 g/mol. The van der Waals surface area contributed by atoms with Gasteiger partial charge in [-0.3, -0.25) is 0 Å². The number of aromatic nitrogens is 1. The van der Waals surface area contributed by atoms with Gasteiger partial charge in [0.15, 0.2) is 0 Å². The van der Waals surface area contributed by atoms with Crippen molar-refractivity contribution < 1.29 is 0 Å². The van der Waals surface area contributed by atoms with Gasteiger partial charge in [-0.25, -0.2) is 4.98 Å². The van der Waals surface area contributed by atoms with Gasteiger partial charge in [-0.15, -0.1) is 0 Å². The summed E-state index contributed by atoms with van der Waals surface area (Å²) < 4.78 is 0. The molecule has 2 rings (SSSR count). The molecular weight excluding hydrogens is 270 g/mol. The van der Waals surface area contributed by atoms with Crippen LogP contribution in [-0.4, -0.2) is 24.6 Å². The Morgan fingerprint density at radius 2 is 2.00 bits per heavy atom. The number of rotatable bonds is 5. The topological polar surface area (TPSA) is 28.2 Å². The zero-order chi connectivity index (χ0) is 14.5. The van der Waals surface area contributed by atoms with Crippen molar-refractivity contribution in [3.05, 3.63) is 22.8 Å². The molecule has 1 fully saturated rings. The van der Waals surface area contributed by atoms with Gasteiger partial charge in [-0.05, 0) is 50.3 Å². The maximum atomic E-state index is 6.22. The van der Waals surface area contributed by atoms with Gasteiger partial charge < -0.3 is 10.2 Å². The smallest absolute Gasteiger partial charge is 0.128 e. The number of anilines is 1. The van der Waals surface area contributed by atoms with E-state index in [0.29, 0.717) is 6.04 Å². The molecule has 112 valence electrons. The molecule has 0 bridgehead atoms. The summed E-state index contributed by atoms with van der Waals surface area (Å²) in [6.45, 7) is 6.11. The third kappa shape index (κ3) is 3.86. The SMILES string of the molecule is CCNCc1nc(N(C)C2CCC(C)CC2)ccc1Cl. The molecule has 0 unspecified atom stereocenters. The lowest BCUT2D eigenvalue weighted by Crippen LogP contribution is -2.35. The van der Waals surface area contributed by atoms with Crippen LogP contribution >= 0.6 is 11.6 Å². The largest absolute Gasteiger partial charge is 0.357 e. The van der Waals surface area contributed by atoms with Gasteiger partial charge in [0.2, 0.25) is 0 Å². The molecule has 0 spiro atoms. The van der Waals surface area contributed by atoms with E-state index in [0.717, 1.165) is 35.5 Å². The van der Waals surface area contributed by atoms with Gasteiger partial charge >= 0.3 is 0 Å². The molecule has 0 aliphatic heterocycles. The standard InChI is InChI=1S/C16H26ClN3/c1-4-18-11-15-14(17)9-10-16(19-15)20(3)13-7-5-12(2)6-8-13/h9-10,12-13,18H,4-8,11H2,1-3H3. The minimum atomic E-state index is 0.617. The van der Waals surface area contributed by atoms with E-state index in [-0.39, 0.29) is 0 Å². The van der Waals surface area contributed by atoms with Gasteiger partial charge in [-0.2, -0.15) is 0 Å². The Bertz CT molecular complexity index is 428. The molecule has 1 aromatic heterocycles. The van der Waals surface area contributed by atoms with Crippen molar-refractivity contribution in [1.82, 2.24) is 10.3 Å². The summed E-state index contributed by atoms with van der Waals surface area (Å²) in [5.41, 5.74) is 0.946. The molecule has 1 saturated carbocycles. The lowest BCUT2D eigenvalue weighted by Gasteiger charge is -2.34. The average Bonchev–Trinajstić information content (AvgIpc) is 2.46. The summed E-state index contributed by atoms with van der Waals surface area (Å²) >= 11 is 6.22. The van der Waals surface area contributed by atoms with E-state index in [2.05, 4.69) is 31.1 Å². The Labute approximate surface area is 127 Å². The summed E-state index contributed by atoms with van der Waals surface area (Å²) in [4.78, 5) is 7.07. The second kappa shape index (κ2) is 7.28. The number of hydrogen-bond acceptors (Lipinski definition) is 3. The van der Waals surface area contributed by atoms with E-state index in [4.69, 9.17) is 16.6 Å². The Balaban J connectivity index is 2.07. The normalized spacial score (nSPS) is 22.8. The van der Waals surface area contributed by atoms with E-state index in [1.165, 1.54) is 25.7 Å². The number of nitrogens with zero attached hydrogens (tertiary/aromatic N) is 2. The van der Waals surface area contributed by atoms with Crippen LogP contribution in [0.4, 0.5) is 5.82 Å². The first-order chi connectivity index (χ1) is 9.61. The van der Waals surface area contributed by atoms with Gasteiger partial charge in [0, 0.05) is 19.6 Å². The van der Waals surface area contributed by atoms with Crippen molar-refractivity contribution in [3.63, 3.8) is 0 Å². The van der Waals surface area contributed by atoms with Gasteiger partial charge in [0.25, 0.3) is 0 Å². The van der Waals surface area contributed by atoms with Crippen LogP contribution in [0.15, 0.2) is 12.1 Å². The van der Waals surface area contributed by atoms with Crippen molar-refractivity contribution in [3.8, 4) is 0 Å². The predicted molar refractivity (Wildman–Crippen MR) is 86.5 cm³/mol. The Kier molecular flexibility index (Phi) is 5.67. The molecule has 0 aromatic carbocycles. The Hall–Kier alpha value is -0.800. The molecule has 1 N–H and O–H groups in total. The second-order valence-electron chi connectivity index (χ2n) is 5.90. The number of pyridine rings is 1. The fraction of sp³-hybridized carbons (Fsp3) is 0.688. The van der Waals surface area contributed by atoms with Gasteiger partial charge in [0.05, 0.1) is 10.7 Å². The fourth-order valence-electron chi connectivity index (χ4n) is 2.85. The predicted octanol–water partition coefficient (Wildman–Crippen LogP) is 3.86. The molecule has 1 aliphatic rings. The zero-order valence-corrected chi connectivity index (χ0v) is 13.6. The maximum absolute atomic E-state index is 6.22. The maximum Gasteiger partial charge on any atom is 0.128 e.